The lowest BCUT2D eigenvalue weighted by Gasteiger charge is -2.23. The fourth-order valence-corrected chi connectivity index (χ4v) is 1.97. The van der Waals surface area contributed by atoms with Gasteiger partial charge in [0.15, 0.2) is 0 Å². The van der Waals surface area contributed by atoms with Crippen LogP contribution in [0.4, 0.5) is 5.69 Å². The zero-order valence-electron chi connectivity index (χ0n) is 15.5. The molecule has 17 heavy (non-hydrogen) atoms. The molecule has 1 atom stereocenters. The van der Waals surface area contributed by atoms with Crippen molar-refractivity contribution in [2.45, 2.75) is 39.0 Å². The number of hydrogen-bond acceptors (Lipinski definition) is 2. The van der Waals surface area contributed by atoms with E-state index in [1.54, 1.807) is 0 Å². The van der Waals surface area contributed by atoms with Gasteiger partial charge in [0.05, 0.1) is 6.04 Å². The first kappa shape index (κ1) is 6.55. The van der Waals surface area contributed by atoms with Gasteiger partial charge in [-0.25, -0.2) is 0 Å². The summed E-state index contributed by atoms with van der Waals surface area (Å²) in [4.78, 5) is 12.4. The van der Waals surface area contributed by atoms with Crippen LogP contribution in [-0.2, 0) is 4.79 Å². The van der Waals surface area contributed by atoms with Crippen molar-refractivity contribution in [2.75, 3.05) is 11.9 Å². The largest absolute Gasteiger partial charge is 0.324 e. The van der Waals surface area contributed by atoms with Crippen LogP contribution in [0.3, 0.4) is 0 Å². The molecule has 0 radical (unpaired) electrons. The molecule has 0 aromatic heterocycles. The summed E-state index contributed by atoms with van der Waals surface area (Å²) >= 11 is 0. The molecule has 1 heterocycles. The molecule has 92 valence electrons. The van der Waals surface area contributed by atoms with Gasteiger partial charge >= 0.3 is 0 Å². The van der Waals surface area contributed by atoms with E-state index in [1.807, 2.05) is 0 Å². The average Bonchev–Trinajstić information content (AvgIpc) is 2.46. The molecule has 1 fully saturated rings. The topological polar surface area (TPSA) is 41.1 Å². The fraction of sp³-hybridized carbons (Fsp3) is 0.500. The molecule has 0 unspecified atom stereocenters. The van der Waals surface area contributed by atoms with Crippen molar-refractivity contribution in [3.05, 3.63) is 29.3 Å². The van der Waals surface area contributed by atoms with E-state index in [9.17, 15) is 4.79 Å². The van der Waals surface area contributed by atoms with E-state index in [-0.39, 0.29) is 16.8 Å². The van der Waals surface area contributed by atoms with Gasteiger partial charge in [-0.15, -0.1) is 0 Å². The number of nitrogens with one attached hydrogen (secondary N) is 2. The third-order valence-electron chi connectivity index (χ3n) is 2.94. The summed E-state index contributed by atoms with van der Waals surface area (Å²) in [5.74, 6) is -0.396. The fourth-order valence-electron chi connectivity index (χ4n) is 1.97. The van der Waals surface area contributed by atoms with Crippen LogP contribution in [0.15, 0.2) is 18.2 Å². The average molecular weight is 238 g/mol. The highest BCUT2D eigenvalue weighted by Crippen LogP contribution is 2.20. The highest BCUT2D eigenvalue weighted by atomic mass is 16.2. The van der Waals surface area contributed by atoms with Gasteiger partial charge in [-0.2, -0.15) is 0 Å². The summed E-state index contributed by atoms with van der Waals surface area (Å²) in [5.41, 5.74) is -0.435. The van der Waals surface area contributed by atoms with Crippen molar-refractivity contribution >= 4 is 11.6 Å². The van der Waals surface area contributed by atoms with Crippen molar-refractivity contribution < 1.29 is 13.0 Å². The number of anilines is 1. The molecule has 0 bridgehead atoms. The summed E-state index contributed by atoms with van der Waals surface area (Å²) in [6.45, 7) is -4.31. The van der Waals surface area contributed by atoms with Crippen molar-refractivity contribution in [1.82, 2.24) is 5.32 Å². The molecular formula is C14H20N2O. The number of rotatable bonds is 2. The first-order chi connectivity index (χ1) is 10.6. The molecule has 0 saturated carbocycles. The van der Waals surface area contributed by atoms with E-state index in [2.05, 4.69) is 10.6 Å². The van der Waals surface area contributed by atoms with E-state index in [0.29, 0.717) is 13.0 Å². The van der Waals surface area contributed by atoms with Crippen molar-refractivity contribution in [1.29, 1.82) is 0 Å². The molecule has 2 N–H and O–H groups in total. The minimum Gasteiger partial charge on any atom is -0.324 e. The van der Waals surface area contributed by atoms with E-state index in [1.165, 1.54) is 18.2 Å². The molecule has 2 rings (SSSR count). The lowest BCUT2D eigenvalue weighted by Crippen LogP contribution is -2.43. The second kappa shape index (κ2) is 5.32. The van der Waals surface area contributed by atoms with Crippen molar-refractivity contribution in [3.8, 4) is 0 Å². The molecule has 1 aliphatic heterocycles. The second-order valence-electron chi connectivity index (χ2n) is 4.22. The predicted molar refractivity (Wildman–Crippen MR) is 70.2 cm³/mol. The number of hydrogen-bond donors (Lipinski definition) is 2. The van der Waals surface area contributed by atoms with Gasteiger partial charge in [0, 0.05) is 13.9 Å². The third-order valence-corrected chi connectivity index (χ3v) is 2.94. The summed E-state index contributed by atoms with van der Waals surface area (Å²) in [7, 11) is 0. The molecular weight excluding hydrogens is 212 g/mol. The Labute approximate surface area is 111 Å². The van der Waals surface area contributed by atoms with Crippen LogP contribution < -0.4 is 10.6 Å². The standard InChI is InChI=1S/C14H20N2O/c1-10-6-5-7-11(2)13(10)16-14(17)12-8-3-4-9-15-12/h5-7,12,15H,3-4,8-9H2,1-2H3,(H,16,17)/t12-/m0/s1/i1D3,2D3. The Morgan fingerprint density at radius 1 is 1.41 bits per heavy atom. The molecule has 0 spiro atoms. The summed E-state index contributed by atoms with van der Waals surface area (Å²) in [6.07, 6.45) is 2.53. The van der Waals surface area contributed by atoms with Gasteiger partial charge in [-0.1, -0.05) is 24.6 Å². The number of carbonyl (C=O) groups is 1. The van der Waals surface area contributed by atoms with Gasteiger partial charge in [-0.3, -0.25) is 4.79 Å². The van der Waals surface area contributed by atoms with Gasteiger partial charge in [0.25, 0.3) is 0 Å². The highest BCUT2D eigenvalue weighted by Gasteiger charge is 2.21. The molecule has 1 aromatic rings. The van der Waals surface area contributed by atoms with E-state index >= 15 is 0 Å². The van der Waals surface area contributed by atoms with Gasteiger partial charge in [-0.05, 0) is 44.2 Å². The number of amides is 1. The maximum absolute atomic E-state index is 12.4. The Hall–Kier alpha value is -1.35. The smallest absolute Gasteiger partial charge is 0.241 e. The number of aryl methyl sites for hydroxylation is 2. The maximum Gasteiger partial charge on any atom is 0.241 e. The Morgan fingerprint density at radius 3 is 2.76 bits per heavy atom. The highest BCUT2D eigenvalue weighted by molar-refractivity contribution is 5.96. The van der Waals surface area contributed by atoms with Crippen LogP contribution in [0.1, 0.15) is 38.6 Å². The summed E-state index contributed by atoms with van der Waals surface area (Å²) in [5, 5.41) is 5.60. The quantitative estimate of drug-likeness (QED) is 0.830. The Balaban J connectivity index is 2.39. The first-order valence-electron chi connectivity index (χ1n) is 8.79. The number of para-hydroxylation sites is 1. The Morgan fingerprint density at radius 2 is 2.18 bits per heavy atom. The third kappa shape index (κ3) is 2.86. The lowest BCUT2D eigenvalue weighted by molar-refractivity contribution is -0.118. The first-order valence-corrected chi connectivity index (χ1v) is 5.79. The molecule has 3 nitrogen and oxygen atoms in total. The molecule has 1 saturated heterocycles. The summed E-state index contributed by atoms with van der Waals surface area (Å²) in [6, 6.07) is 3.61. The maximum atomic E-state index is 12.4. The number of benzene rings is 1. The van der Waals surface area contributed by atoms with Crippen LogP contribution in [0.25, 0.3) is 0 Å². The normalized spacial score (nSPS) is 26.7. The minimum absolute atomic E-state index is 0.120. The molecule has 1 amide bonds. The number of carbonyl (C=O) groups excluding carboxylic acids is 1. The minimum atomic E-state index is -2.51. The Kier molecular flexibility index (Phi) is 2.05. The SMILES string of the molecule is [2H]C([2H])([2H])c1cccc(C([2H])([2H])[2H])c1NC(=O)[C@@H]1CCCCN1. The van der Waals surface area contributed by atoms with Gasteiger partial charge in [0.1, 0.15) is 0 Å². The summed E-state index contributed by atoms with van der Waals surface area (Å²) < 4.78 is 45.5. The van der Waals surface area contributed by atoms with Crippen LogP contribution in [0, 0.1) is 13.7 Å². The Bertz CT molecular complexity index is 543. The van der Waals surface area contributed by atoms with Crippen LogP contribution in [-0.4, -0.2) is 18.5 Å². The van der Waals surface area contributed by atoms with Crippen molar-refractivity contribution in [3.63, 3.8) is 0 Å². The second-order valence-corrected chi connectivity index (χ2v) is 4.22. The van der Waals surface area contributed by atoms with E-state index in [0.717, 1.165) is 12.8 Å². The molecule has 3 heteroatoms. The lowest BCUT2D eigenvalue weighted by atomic mass is 10.0. The molecule has 1 aliphatic rings. The van der Waals surface area contributed by atoms with E-state index in [4.69, 9.17) is 8.22 Å². The van der Waals surface area contributed by atoms with E-state index < -0.39 is 25.7 Å². The van der Waals surface area contributed by atoms with Crippen LogP contribution in [0.2, 0.25) is 0 Å². The monoisotopic (exact) mass is 238 g/mol. The predicted octanol–water partition coefficient (Wildman–Crippen LogP) is 2.38. The molecule has 1 aromatic carbocycles. The van der Waals surface area contributed by atoms with Gasteiger partial charge in [0.2, 0.25) is 5.91 Å². The van der Waals surface area contributed by atoms with Crippen molar-refractivity contribution in [2.24, 2.45) is 0 Å². The number of piperidine rings is 1. The zero-order valence-corrected chi connectivity index (χ0v) is 9.55. The molecule has 0 aliphatic carbocycles. The van der Waals surface area contributed by atoms with Crippen LogP contribution in [0.5, 0.6) is 0 Å². The van der Waals surface area contributed by atoms with Crippen LogP contribution >= 0.6 is 0 Å². The zero-order chi connectivity index (χ0) is 17.3. The van der Waals surface area contributed by atoms with Gasteiger partial charge < -0.3 is 10.6 Å².